The van der Waals surface area contributed by atoms with Crippen LogP contribution < -0.4 is 11.1 Å². The van der Waals surface area contributed by atoms with Crippen molar-refractivity contribution in [2.75, 3.05) is 5.32 Å². The van der Waals surface area contributed by atoms with Crippen molar-refractivity contribution in [2.24, 2.45) is 12.8 Å². The number of anilines is 1. The van der Waals surface area contributed by atoms with Crippen LogP contribution in [0.4, 0.5) is 10.1 Å². The lowest BCUT2D eigenvalue weighted by molar-refractivity contribution is 0.102. The van der Waals surface area contributed by atoms with Crippen LogP contribution in [-0.2, 0) is 7.05 Å². The van der Waals surface area contributed by atoms with Crippen molar-refractivity contribution in [3.63, 3.8) is 0 Å². The topological polar surface area (TPSA) is 72.9 Å². The van der Waals surface area contributed by atoms with E-state index in [2.05, 4.69) is 10.4 Å². The van der Waals surface area contributed by atoms with Crippen LogP contribution >= 0.6 is 12.2 Å². The molecule has 3 N–H and O–H groups in total. The molecule has 7 heteroatoms. The lowest BCUT2D eigenvalue weighted by atomic mass is 10.1. The molecule has 0 aliphatic carbocycles. The number of hydrogen-bond acceptors (Lipinski definition) is 3. The first-order chi connectivity index (χ1) is 9.41. The minimum atomic E-state index is -0.571. The Morgan fingerprint density at radius 1 is 1.50 bits per heavy atom. The molecule has 2 rings (SSSR count). The van der Waals surface area contributed by atoms with Crippen LogP contribution in [0.3, 0.4) is 0 Å². The molecule has 1 aromatic carbocycles. The second kappa shape index (κ2) is 5.38. The number of aryl methyl sites for hydroxylation is 1. The zero-order valence-corrected chi connectivity index (χ0v) is 11.8. The van der Waals surface area contributed by atoms with Gasteiger partial charge in [-0.2, -0.15) is 5.10 Å². The van der Waals surface area contributed by atoms with Crippen molar-refractivity contribution < 1.29 is 9.18 Å². The largest absolute Gasteiger partial charge is 0.389 e. The molecule has 0 atom stereocenters. The van der Waals surface area contributed by atoms with E-state index >= 15 is 0 Å². The maximum atomic E-state index is 13.7. The Morgan fingerprint density at radius 2 is 2.20 bits per heavy atom. The highest BCUT2D eigenvalue weighted by Gasteiger charge is 2.17. The van der Waals surface area contributed by atoms with Gasteiger partial charge in [0.2, 0.25) is 0 Å². The van der Waals surface area contributed by atoms with Gasteiger partial charge >= 0.3 is 0 Å². The quantitative estimate of drug-likeness (QED) is 0.845. The smallest absolute Gasteiger partial charge is 0.259 e. The van der Waals surface area contributed by atoms with E-state index in [0.717, 1.165) is 0 Å². The fourth-order valence-corrected chi connectivity index (χ4v) is 2.00. The Labute approximate surface area is 120 Å². The van der Waals surface area contributed by atoms with E-state index in [9.17, 15) is 9.18 Å². The molecule has 5 nitrogen and oxygen atoms in total. The minimum Gasteiger partial charge on any atom is -0.389 e. The van der Waals surface area contributed by atoms with Crippen LogP contribution in [0.15, 0.2) is 24.4 Å². The highest BCUT2D eigenvalue weighted by Crippen LogP contribution is 2.20. The van der Waals surface area contributed by atoms with E-state index in [0.29, 0.717) is 11.3 Å². The summed E-state index contributed by atoms with van der Waals surface area (Å²) >= 11 is 4.81. The third-order valence-corrected chi connectivity index (χ3v) is 3.19. The third-order valence-electron chi connectivity index (χ3n) is 2.99. The first kappa shape index (κ1) is 14.1. The highest BCUT2D eigenvalue weighted by molar-refractivity contribution is 7.80. The molecule has 1 amide bonds. The van der Waals surface area contributed by atoms with Gasteiger partial charge in [0.05, 0.1) is 23.0 Å². The van der Waals surface area contributed by atoms with Gasteiger partial charge in [0.1, 0.15) is 10.8 Å². The molecule has 1 aromatic heterocycles. The summed E-state index contributed by atoms with van der Waals surface area (Å²) < 4.78 is 15.3. The lowest BCUT2D eigenvalue weighted by Gasteiger charge is -2.10. The van der Waals surface area contributed by atoms with Crippen LogP contribution in [0.2, 0.25) is 0 Å². The van der Waals surface area contributed by atoms with Crippen molar-refractivity contribution in [1.29, 1.82) is 0 Å². The SMILES string of the molecule is Cc1c(C(=O)Nc2cccc(F)c2C(N)=S)cnn1C. The predicted octanol–water partition coefficient (Wildman–Crippen LogP) is 1.75. The van der Waals surface area contributed by atoms with Gasteiger partial charge in [-0.1, -0.05) is 18.3 Å². The number of benzene rings is 1. The lowest BCUT2D eigenvalue weighted by Crippen LogP contribution is -2.19. The van der Waals surface area contributed by atoms with Crippen molar-refractivity contribution in [1.82, 2.24) is 9.78 Å². The van der Waals surface area contributed by atoms with Crippen molar-refractivity contribution in [3.05, 3.63) is 47.0 Å². The molecule has 0 saturated carbocycles. The molecule has 20 heavy (non-hydrogen) atoms. The number of halogens is 1. The monoisotopic (exact) mass is 292 g/mol. The van der Waals surface area contributed by atoms with Crippen LogP contribution in [-0.4, -0.2) is 20.7 Å². The van der Waals surface area contributed by atoms with Gasteiger partial charge < -0.3 is 11.1 Å². The van der Waals surface area contributed by atoms with Gasteiger partial charge in [-0.3, -0.25) is 9.48 Å². The molecule has 0 radical (unpaired) electrons. The van der Waals surface area contributed by atoms with E-state index in [4.69, 9.17) is 18.0 Å². The molecular weight excluding hydrogens is 279 g/mol. The zero-order valence-electron chi connectivity index (χ0n) is 11.0. The number of hydrogen-bond donors (Lipinski definition) is 2. The molecule has 0 bridgehead atoms. The van der Waals surface area contributed by atoms with E-state index < -0.39 is 11.7 Å². The fourth-order valence-electron chi connectivity index (χ4n) is 1.79. The summed E-state index contributed by atoms with van der Waals surface area (Å²) in [5.74, 6) is -0.961. The number of aromatic nitrogens is 2. The number of nitrogens with two attached hydrogens (primary N) is 1. The number of thiocarbonyl (C=S) groups is 1. The van der Waals surface area contributed by atoms with E-state index in [-0.39, 0.29) is 16.2 Å². The molecule has 0 fully saturated rings. The highest BCUT2D eigenvalue weighted by atomic mass is 32.1. The molecule has 1 heterocycles. The summed E-state index contributed by atoms with van der Waals surface area (Å²) in [5.41, 5.74) is 6.87. The second-order valence-corrected chi connectivity index (χ2v) is 4.69. The Kier molecular flexibility index (Phi) is 3.80. The maximum absolute atomic E-state index is 13.7. The standard InChI is InChI=1S/C13H13FN4OS/c1-7-8(6-16-18(7)2)13(19)17-10-5-3-4-9(14)11(10)12(15)20/h3-6H,1-2H3,(H2,15,20)(H,17,19). The predicted molar refractivity (Wildman–Crippen MR) is 78.2 cm³/mol. The van der Waals surface area contributed by atoms with Crippen molar-refractivity contribution in [2.45, 2.75) is 6.92 Å². The summed E-state index contributed by atoms with van der Waals surface area (Å²) in [7, 11) is 1.73. The average molecular weight is 292 g/mol. The average Bonchev–Trinajstić information content (AvgIpc) is 2.69. The van der Waals surface area contributed by atoms with Crippen molar-refractivity contribution >= 4 is 28.8 Å². The van der Waals surface area contributed by atoms with Gasteiger partial charge in [0, 0.05) is 12.7 Å². The maximum Gasteiger partial charge on any atom is 0.259 e. The van der Waals surface area contributed by atoms with Gasteiger partial charge in [0.15, 0.2) is 0 Å². The normalized spacial score (nSPS) is 10.3. The number of rotatable bonds is 3. The number of nitrogens with zero attached hydrogens (tertiary/aromatic N) is 2. The van der Waals surface area contributed by atoms with E-state index in [1.807, 2.05) is 0 Å². The summed E-state index contributed by atoms with van der Waals surface area (Å²) in [6.45, 7) is 1.77. The number of carbonyl (C=O) groups is 1. The molecule has 104 valence electrons. The third kappa shape index (κ3) is 2.53. The molecule has 0 aliphatic rings. The van der Waals surface area contributed by atoms with Crippen LogP contribution in [0.5, 0.6) is 0 Å². The number of carbonyl (C=O) groups excluding carboxylic acids is 1. The van der Waals surface area contributed by atoms with E-state index in [1.54, 1.807) is 24.7 Å². The summed E-state index contributed by atoms with van der Waals surface area (Å²) in [5, 5.41) is 6.59. The van der Waals surface area contributed by atoms with Gasteiger partial charge in [-0.25, -0.2) is 4.39 Å². The number of amides is 1. The van der Waals surface area contributed by atoms with Gasteiger partial charge in [-0.05, 0) is 19.1 Å². The first-order valence-electron chi connectivity index (χ1n) is 5.80. The summed E-state index contributed by atoms with van der Waals surface area (Å²) in [6, 6.07) is 4.25. The molecule has 0 aliphatic heterocycles. The molecule has 0 unspecified atom stereocenters. The van der Waals surface area contributed by atoms with Gasteiger partial charge in [-0.15, -0.1) is 0 Å². The molecule has 2 aromatic rings. The van der Waals surface area contributed by atoms with Crippen molar-refractivity contribution in [3.8, 4) is 0 Å². The molecular formula is C13H13FN4OS. The van der Waals surface area contributed by atoms with Gasteiger partial charge in [0.25, 0.3) is 5.91 Å². The Balaban J connectivity index is 2.36. The van der Waals surface area contributed by atoms with Crippen LogP contribution in [0.1, 0.15) is 21.6 Å². The fraction of sp³-hybridized carbons (Fsp3) is 0.154. The Hall–Kier alpha value is -2.28. The molecule has 0 spiro atoms. The summed E-state index contributed by atoms with van der Waals surface area (Å²) in [4.78, 5) is 12.1. The Bertz CT molecular complexity index is 696. The zero-order chi connectivity index (χ0) is 14.9. The summed E-state index contributed by atoms with van der Waals surface area (Å²) in [6.07, 6.45) is 1.45. The van der Waals surface area contributed by atoms with Crippen LogP contribution in [0, 0.1) is 12.7 Å². The molecule has 0 saturated heterocycles. The first-order valence-corrected chi connectivity index (χ1v) is 6.21. The van der Waals surface area contributed by atoms with Crippen LogP contribution in [0.25, 0.3) is 0 Å². The minimum absolute atomic E-state index is 0.0254. The Morgan fingerprint density at radius 3 is 2.75 bits per heavy atom. The number of nitrogens with one attached hydrogen (secondary N) is 1. The second-order valence-electron chi connectivity index (χ2n) is 4.25. The van der Waals surface area contributed by atoms with E-state index in [1.165, 1.54) is 18.3 Å².